The molecule has 0 radical (unpaired) electrons. The molecule has 5 unspecified atom stereocenters. The topological polar surface area (TPSA) is 55.3 Å². The largest absolute Gasteiger partial charge is 0.459 e. The number of ether oxygens (including phenoxy) is 1. The lowest BCUT2D eigenvalue weighted by molar-refractivity contribution is -0.163. The third-order valence-corrected chi connectivity index (χ3v) is 4.47. The molecule has 0 spiro atoms. The van der Waals surface area contributed by atoms with Crippen molar-refractivity contribution in [1.29, 1.82) is 0 Å². The summed E-state index contributed by atoms with van der Waals surface area (Å²) < 4.78 is 5.55. The average molecular weight is 238 g/mol. The Labute approximate surface area is 102 Å². The molecule has 3 rings (SSSR count). The van der Waals surface area contributed by atoms with Crippen molar-refractivity contribution in [3.8, 4) is 0 Å². The van der Waals surface area contributed by atoms with Gasteiger partial charge in [-0.15, -0.1) is 0 Å². The molecule has 3 saturated heterocycles. The molecule has 4 heteroatoms. The number of nitrogens with zero attached hydrogens (tertiary/aromatic N) is 1. The molecule has 96 valence electrons. The number of fused-ring (bicyclic) bond motifs is 1. The average Bonchev–Trinajstić information content (AvgIpc) is 2.77. The minimum atomic E-state index is -0.378. The Morgan fingerprint density at radius 2 is 2.18 bits per heavy atom. The smallest absolute Gasteiger partial charge is 0.328 e. The zero-order chi connectivity index (χ0) is 12.4. The maximum Gasteiger partial charge on any atom is 0.328 e. The molecule has 17 heavy (non-hydrogen) atoms. The van der Waals surface area contributed by atoms with Gasteiger partial charge in [0.1, 0.15) is 11.1 Å². The number of carbonyl (C=O) groups excluding carboxylic acids is 1. The fourth-order valence-corrected chi connectivity index (χ4v) is 3.77. The second-order valence-electron chi connectivity index (χ2n) is 6.78. The van der Waals surface area contributed by atoms with Crippen LogP contribution >= 0.6 is 0 Å². The van der Waals surface area contributed by atoms with Gasteiger partial charge >= 0.3 is 5.97 Å². The van der Waals surface area contributed by atoms with Gasteiger partial charge in [-0.2, -0.15) is 0 Å². The van der Waals surface area contributed by atoms with E-state index < -0.39 is 0 Å². The number of piperidine rings is 1. The van der Waals surface area contributed by atoms with Gasteiger partial charge in [0.05, 0.1) is 0 Å². The monoisotopic (exact) mass is 238 g/mol. The summed E-state index contributed by atoms with van der Waals surface area (Å²) >= 11 is 0. The summed E-state index contributed by atoms with van der Waals surface area (Å²) in [6.45, 7) is 6.55. The molecule has 2 N–H and O–H groups in total. The summed E-state index contributed by atoms with van der Waals surface area (Å²) in [5, 5.41) is 0. The van der Waals surface area contributed by atoms with Crippen LogP contribution in [0, 0.1) is 5.92 Å². The second kappa shape index (κ2) is 3.23. The van der Waals surface area contributed by atoms with Crippen LogP contribution in [0.25, 0.3) is 0 Å². The lowest BCUT2D eigenvalue weighted by atomic mass is 9.89. The van der Waals surface area contributed by atoms with Crippen LogP contribution in [0.4, 0.5) is 0 Å². The number of esters is 1. The van der Waals surface area contributed by atoms with E-state index in [4.69, 9.17) is 10.5 Å². The molecule has 3 heterocycles. The summed E-state index contributed by atoms with van der Waals surface area (Å²) in [7, 11) is 0. The van der Waals surface area contributed by atoms with Gasteiger partial charge in [-0.05, 0) is 52.5 Å². The molecular weight excluding hydrogens is 216 g/mol. The number of nitrogens with two attached hydrogens (primary N) is 1. The number of hydrogen-bond donors (Lipinski definition) is 1. The predicted molar refractivity (Wildman–Crippen MR) is 64.4 cm³/mol. The summed E-state index contributed by atoms with van der Waals surface area (Å²) in [5.74, 6) is 0.594. The van der Waals surface area contributed by atoms with E-state index >= 15 is 0 Å². The molecule has 0 bridgehead atoms. The minimum absolute atomic E-state index is 0.0103. The highest BCUT2D eigenvalue weighted by Gasteiger charge is 2.80. The molecule has 0 aromatic heterocycles. The van der Waals surface area contributed by atoms with Gasteiger partial charge in [-0.25, -0.2) is 4.79 Å². The third kappa shape index (κ3) is 1.47. The lowest BCUT2D eigenvalue weighted by Gasteiger charge is -2.37. The first-order chi connectivity index (χ1) is 7.88. The predicted octanol–water partition coefficient (Wildman–Crippen LogP) is 0.892. The van der Waals surface area contributed by atoms with Crippen LogP contribution in [0.15, 0.2) is 0 Å². The molecule has 0 aromatic rings. The Morgan fingerprint density at radius 1 is 1.47 bits per heavy atom. The SMILES string of the molecule is CC(C)(C)OC(=O)C12CC3CC(CN)CC1N32. The van der Waals surface area contributed by atoms with Gasteiger partial charge in [-0.3, -0.25) is 4.90 Å². The van der Waals surface area contributed by atoms with Crippen LogP contribution in [-0.2, 0) is 9.53 Å². The van der Waals surface area contributed by atoms with E-state index in [1.165, 1.54) is 0 Å². The first kappa shape index (κ1) is 11.5. The van der Waals surface area contributed by atoms with Gasteiger partial charge in [0.25, 0.3) is 0 Å². The van der Waals surface area contributed by atoms with Crippen LogP contribution in [0.2, 0.25) is 0 Å². The number of rotatable bonds is 2. The highest BCUT2D eigenvalue weighted by molar-refractivity contribution is 5.88. The molecule has 0 saturated carbocycles. The molecule has 5 atom stereocenters. The summed E-state index contributed by atoms with van der Waals surface area (Å²) in [6, 6.07) is 1.01. The van der Waals surface area contributed by atoms with E-state index in [-0.39, 0.29) is 17.1 Å². The van der Waals surface area contributed by atoms with Crippen molar-refractivity contribution >= 4 is 5.97 Å². The van der Waals surface area contributed by atoms with E-state index in [1.54, 1.807) is 0 Å². The highest BCUT2D eigenvalue weighted by atomic mass is 16.6. The molecule has 0 aliphatic carbocycles. The van der Waals surface area contributed by atoms with Crippen molar-refractivity contribution < 1.29 is 9.53 Å². The standard InChI is InChI=1S/C13H22N2O2/c1-12(2,3)17-11(16)13-6-9-4-8(7-14)5-10(13)15(9)13/h8-10H,4-7,14H2,1-3H3. The van der Waals surface area contributed by atoms with Gasteiger partial charge in [0.15, 0.2) is 0 Å². The van der Waals surface area contributed by atoms with Gasteiger partial charge < -0.3 is 10.5 Å². The zero-order valence-corrected chi connectivity index (χ0v) is 10.9. The first-order valence-corrected chi connectivity index (χ1v) is 6.60. The van der Waals surface area contributed by atoms with Gasteiger partial charge in [0, 0.05) is 12.1 Å². The van der Waals surface area contributed by atoms with Crippen LogP contribution in [0.3, 0.4) is 0 Å². The Kier molecular flexibility index (Phi) is 2.18. The molecule has 3 fully saturated rings. The van der Waals surface area contributed by atoms with Crippen molar-refractivity contribution in [3.05, 3.63) is 0 Å². The fraction of sp³-hybridized carbons (Fsp3) is 0.923. The summed E-state index contributed by atoms with van der Waals surface area (Å²) in [6.07, 6.45) is 3.23. The molecule has 3 aliphatic rings. The number of carbonyl (C=O) groups is 1. The van der Waals surface area contributed by atoms with E-state index in [2.05, 4.69) is 4.90 Å². The second-order valence-corrected chi connectivity index (χ2v) is 6.78. The quantitative estimate of drug-likeness (QED) is 0.573. The molecule has 4 nitrogen and oxygen atoms in total. The zero-order valence-electron chi connectivity index (χ0n) is 10.9. The van der Waals surface area contributed by atoms with E-state index in [0.717, 1.165) is 25.8 Å². The van der Waals surface area contributed by atoms with Crippen molar-refractivity contribution in [2.75, 3.05) is 6.54 Å². The van der Waals surface area contributed by atoms with E-state index in [0.29, 0.717) is 18.0 Å². The van der Waals surface area contributed by atoms with E-state index in [1.807, 2.05) is 20.8 Å². The summed E-state index contributed by atoms with van der Waals surface area (Å²) in [4.78, 5) is 14.6. The molecule has 3 aliphatic heterocycles. The Bertz CT molecular complexity index is 363. The maximum absolute atomic E-state index is 12.2. The summed E-state index contributed by atoms with van der Waals surface area (Å²) in [5.41, 5.74) is 5.12. The Morgan fingerprint density at radius 3 is 2.76 bits per heavy atom. The maximum atomic E-state index is 12.2. The molecule has 0 amide bonds. The minimum Gasteiger partial charge on any atom is -0.459 e. The van der Waals surface area contributed by atoms with Gasteiger partial charge in [-0.1, -0.05) is 0 Å². The Balaban J connectivity index is 1.70. The van der Waals surface area contributed by atoms with Crippen molar-refractivity contribution in [1.82, 2.24) is 4.90 Å². The van der Waals surface area contributed by atoms with Crippen LogP contribution in [-0.4, -0.2) is 40.6 Å². The van der Waals surface area contributed by atoms with Crippen LogP contribution < -0.4 is 5.73 Å². The normalized spacial score (nSPS) is 46.8. The third-order valence-electron chi connectivity index (χ3n) is 4.47. The highest BCUT2D eigenvalue weighted by Crippen LogP contribution is 2.64. The first-order valence-electron chi connectivity index (χ1n) is 6.60. The van der Waals surface area contributed by atoms with Gasteiger partial charge in [0.2, 0.25) is 0 Å². The lowest BCUT2D eigenvalue weighted by Crippen LogP contribution is -2.50. The molecular formula is C13H22N2O2. The van der Waals surface area contributed by atoms with Crippen LogP contribution in [0.1, 0.15) is 40.0 Å². The van der Waals surface area contributed by atoms with Crippen LogP contribution in [0.5, 0.6) is 0 Å². The Hall–Kier alpha value is -0.610. The fourth-order valence-electron chi connectivity index (χ4n) is 3.77. The number of hydrogen-bond acceptors (Lipinski definition) is 4. The van der Waals surface area contributed by atoms with Crippen molar-refractivity contribution in [3.63, 3.8) is 0 Å². The van der Waals surface area contributed by atoms with E-state index in [9.17, 15) is 4.79 Å². The molecule has 0 aromatic carbocycles. The van der Waals surface area contributed by atoms with Crippen molar-refractivity contribution in [2.45, 2.75) is 63.3 Å². The van der Waals surface area contributed by atoms with Crippen molar-refractivity contribution in [2.24, 2.45) is 11.7 Å².